The number of nitrogens with zero attached hydrogens (tertiary/aromatic N) is 1. The lowest BCUT2D eigenvalue weighted by atomic mass is 9.83. The molecule has 3 nitrogen and oxygen atoms in total. The van der Waals surface area contributed by atoms with Crippen LogP contribution in [-0.4, -0.2) is 18.6 Å². The number of halogens is 3. The molecule has 0 saturated heterocycles. The summed E-state index contributed by atoms with van der Waals surface area (Å²) in [6.45, 7) is 0. The quantitative estimate of drug-likeness (QED) is 0.903. The molecule has 0 aromatic heterocycles. The number of fused-ring (bicyclic) bond motifs is 1. The molecular weight excluding hydrogens is 305 g/mol. The molecule has 1 heterocycles. The van der Waals surface area contributed by atoms with Crippen molar-refractivity contribution in [1.82, 2.24) is 0 Å². The molecule has 0 amide bonds. The summed E-state index contributed by atoms with van der Waals surface area (Å²) in [6, 6.07) is 4.24. The van der Waals surface area contributed by atoms with Gasteiger partial charge in [-0.3, -0.25) is 0 Å². The molecule has 0 radical (unpaired) electrons. The summed E-state index contributed by atoms with van der Waals surface area (Å²) in [6.07, 6.45) is 1.49. The number of amidine groups is 1. The van der Waals surface area contributed by atoms with Crippen molar-refractivity contribution in [3.8, 4) is 0 Å². The van der Waals surface area contributed by atoms with Gasteiger partial charge in [0.15, 0.2) is 5.54 Å². The van der Waals surface area contributed by atoms with Gasteiger partial charge in [-0.15, -0.1) is 0 Å². The lowest BCUT2D eigenvalue weighted by molar-refractivity contribution is 0.0176. The van der Waals surface area contributed by atoms with Crippen LogP contribution in [0, 0.1) is 17.7 Å². The number of aliphatic imine (C=N–C) groups is 1. The second kappa shape index (κ2) is 5.14. The monoisotopic (exact) mass is 324 g/mol. The van der Waals surface area contributed by atoms with Crippen molar-refractivity contribution in [2.75, 3.05) is 0 Å². The average molecular weight is 324 g/mol. The van der Waals surface area contributed by atoms with Crippen LogP contribution in [-0.2, 0) is 16.7 Å². The third kappa shape index (κ3) is 2.48. The fourth-order valence-corrected chi connectivity index (χ4v) is 3.61. The van der Waals surface area contributed by atoms with Gasteiger partial charge in [0.05, 0.1) is 0 Å². The molecule has 1 aromatic rings. The summed E-state index contributed by atoms with van der Waals surface area (Å²) in [4.78, 5) is 3.90. The Hall–Kier alpha value is -1.72. The van der Waals surface area contributed by atoms with E-state index in [1.807, 2.05) is 0 Å². The summed E-state index contributed by atoms with van der Waals surface area (Å²) in [7, 11) is 0. The largest absolute Gasteiger partial charge is 0.462 e. The first-order valence-electron chi connectivity index (χ1n) is 8.09. The number of nitrogens with two attached hydrogens (primary N) is 1. The van der Waals surface area contributed by atoms with Gasteiger partial charge in [-0.05, 0) is 36.8 Å². The van der Waals surface area contributed by atoms with Crippen LogP contribution in [0.2, 0.25) is 0 Å². The van der Waals surface area contributed by atoms with E-state index < -0.39 is 23.7 Å². The lowest BCUT2D eigenvalue weighted by Crippen LogP contribution is -2.43. The molecule has 1 aromatic carbocycles. The van der Waals surface area contributed by atoms with Gasteiger partial charge < -0.3 is 10.5 Å². The molecule has 0 spiro atoms. The van der Waals surface area contributed by atoms with E-state index in [1.54, 1.807) is 12.1 Å². The number of hydrogen-bond donors (Lipinski definition) is 1. The van der Waals surface area contributed by atoms with E-state index in [1.165, 1.54) is 18.9 Å². The number of ether oxygens (including phenoxy) is 1. The maximum Gasteiger partial charge on any atom is 0.283 e. The van der Waals surface area contributed by atoms with E-state index in [-0.39, 0.29) is 17.7 Å². The number of benzene rings is 1. The number of alkyl halides is 2. The van der Waals surface area contributed by atoms with E-state index in [4.69, 9.17) is 10.5 Å². The molecular formula is C17H19F3N2O. The van der Waals surface area contributed by atoms with Crippen molar-refractivity contribution >= 4 is 6.02 Å². The normalized spacial score (nSPS) is 32.3. The molecule has 2 saturated carbocycles. The Morgan fingerprint density at radius 3 is 2.83 bits per heavy atom. The molecule has 2 N–H and O–H groups in total. The minimum atomic E-state index is -2.83. The second-order valence-electron chi connectivity index (χ2n) is 6.87. The fraction of sp³-hybridized carbons (Fsp3) is 0.588. The maximum absolute atomic E-state index is 14.4. The van der Waals surface area contributed by atoms with Crippen molar-refractivity contribution in [2.45, 2.75) is 50.2 Å². The summed E-state index contributed by atoms with van der Waals surface area (Å²) in [5.74, 6) is -0.426. The first kappa shape index (κ1) is 14.8. The predicted octanol–water partition coefficient (Wildman–Crippen LogP) is 3.36. The Morgan fingerprint density at radius 2 is 2.13 bits per heavy atom. The highest BCUT2D eigenvalue weighted by Gasteiger charge is 2.64. The molecule has 2 aliphatic carbocycles. The molecule has 23 heavy (non-hydrogen) atoms. The van der Waals surface area contributed by atoms with Crippen molar-refractivity contribution in [3.63, 3.8) is 0 Å². The number of hydrogen-bond acceptors (Lipinski definition) is 3. The van der Waals surface area contributed by atoms with E-state index in [2.05, 4.69) is 4.99 Å². The Labute approximate surface area is 132 Å². The van der Waals surface area contributed by atoms with Crippen molar-refractivity contribution < 1.29 is 17.9 Å². The number of rotatable bonds is 5. The van der Waals surface area contributed by atoms with E-state index in [0.717, 1.165) is 24.3 Å². The SMILES string of the molecule is NC1=N[C@@](c2cc(CCC3CC3)ccc2F)(C(F)F)[C@H]2C[C@H]2O1. The van der Waals surface area contributed by atoms with Crippen molar-refractivity contribution in [1.29, 1.82) is 0 Å². The molecule has 6 heteroatoms. The highest BCUT2D eigenvalue weighted by Crippen LogP contribution is 2.56. The zero-order chi connectivity index (χ0) is 16.2. The van der Waals surface area contributed by atoms with Crippen LogP contribution < -0.4 is 5.73 Å². The van der Waals surface area contributed by atoms with Gasteiger partial charge in [-0.25, -0.2) is 18.2 Å². The molecule has 0 bridgehead atoms. The third-order valence-corrected chi connectivity index (χ3v) is 5.20. The molecule has 0 unspecified atom stereocenters. The van der Waals surface area contributed by atoms with Gasteiger partial charge >= 0.3 is 0 Å². The first-order chi connectivity index (χ1) is 11.0. The van der Waals surface area contributed by atoms with Gasteiger partial charge in [-0.2, -0.15) is 0 Å². The predicted molar refractivity (Wildman–Crippen MR) is 79.7 cm³/mol. The second-order valence-corrected chi connectivity index (χ2v) is 6.87. The van der Waals surface area contributed by atoms with Crippen molar-refractivity contribution in [3.05, 3.63) is 35.1 Å². The molecule has 4 rings (SSSR count). The molecule has 2 fully saturated rings. The van der Waals surface area contributed by atoms with Crippen LogP contribution in [0.25, 0.3) is 0 Å². The Morgan fingerprint density at radius 1 is 1.35 bits per heavy atom. The minimum Gasteiger partial charge on any atom is -0.462 e. The molecule has 124 valence electrons. The first-order valence-corrected chi connectivity index (χ1v) is 8.09. The topological polar surface area (TPSA) is 47.6 Å². The summed E-state index contributed by atoms with van der Waals surface area (Å²) in [5, 5.41) is 0. The van der Waals surface area contributed by atoms with Crippen LogP contribution in [0.5, 0.6) is 0 Å². The van der Waals surface area contributed by atoms with Crippen molar-refractivity contribution in [2.24, 2.45) is 22.6 Å². The fourth-order valence-electron chi connectivity index (χ4n) is 3.61. The highest BCUT2D eigenvalue weighted by atomic mass is 19.3. The Bertz CT molecular complexity index is 659. The van der Waals surface area contributed by atoms with Gasteiger partial charge in [-0.1, -0.05) is 25.0 Å². The summed E-state index contributed by atoms with van der Waals surface area (Å²) < 4.78 is 47.5. The van der Waals surface area contributed by atoms with Gasteiger partial charge in [0.2, 0.25) is 0 Å². The van der Waals surface area contributed by atoms with E-state index in [9.17, 15) is 13.2 Å². The lowest BCUT2D eigenvalue weighted by Gasteiger charge is -2.33. The number of aryl methyl sites for hydroxylation is 1. The molecule has 3 aliphatic rings. The van der Waals surface area contributed by atoms with Crippen LogP contribution in [0.3, 0.4) is 0 Å². The summed E-state index contributed by atoms with van der Waals surface area (Å²) in [5.41, 5.74) is 4.50. The Kier molecular flexibility index (Phi) is 3.32. The van der Waals surface area contributed by atoms with E-state index >= 15 is 0 Å². The van der Waals surface area contributed by atoms with Crippen LogP contribution in [0.15, 0.2) is 23.2 Å². The minimum absolute atomic E-state index is 0.0421. The average Bonchev–Trinajstić information content (AvgIpc) is 3.39. The highest BCUT2D eigenvalue weighted by molar-refractivity contribution is 5.74. The standard InChI is InChI=1S/C17H19F3N2O/c18-13-6-5-10(4-3-9-1-2-9)7-11(13)17(15(19)20)12-8-14(12)23-16(21)22-17/h5-7,9,12,14-15H,1-4,8H2,(H2,21,22)/t12-,14+,17+/m0/s1. The van der Waals surface area contributed by atoms with E-state index in [0.29, 0.717) is 6.42 Å². The Balaban J connectivity index is 1.73. The maximum atomic E-state index is 14.4. The zero-order valence-corrected chi connectivity index (χ0v) is 12.6. The molecule has 3 atom stereocenters. The van der Waals surface area contributed by atoms with Crippen LogP contribution in [0.1, 0.15) is 36.8 Å². The molecule has 1 aliphatic heterocycles. The van der Waals surface area contributed by atoms with Gasteiger partial charge in [0.1, 0.15) is 11.9 Å². The zero-order valence-electron chi connectivity index (χ0n) is 12.6. The van der Waals surface area contributed by atoms with Gasteiger partial charge in [0, 0.05) is 11.5 Å². The summed E-state index contributed by atoms with van der Waals surface area (Å²) >= 11 is 0. The third-order valence-electron chi connectivity index (χ3n) is 5.20. The van der Waals surface area contributed by atoms with Crippen LogP contribution in [0.4, 0.5) is 13.2 Å². The smallest absolute Gasteiger partial charge is 0.283 e. The van der Waals surface area contributed by atoms with Gasteiger partial charge in [0.25, 0.3) is 12.4 Å². The van der Waals surface area contributed by atoms with Crippen LogP contribution >= 0.6 is 0 Å².